The molecule has 0 spiro atoms. The molecule has 1 aromatic rings. The standard InChI is InChI=1S/C12H10N4O3/c1-7(17)13-9-5-3-2-4-8(9)12(19)14-10-6-11(18)16-15-10/h2-6H,1H3,(H,13,17)(H,14,19). The van der Waals surface area contributed by atoms with Crippen molar-refractivity contribution >= 4 is 23.4 Å². The van der Waals surface area contributed by atoms with E-state index >= 15 is 0 Å². The van der Waals surface area contributed by atoms with Crippen LogP contribution in [0.4, 0.5) is 5.69 Å². The molecule has 19 heavy (non-hydrogen) atoms. The molecule has 2 N–H and O–H groups in total. The van der Waals surface area contributed by atoms with E-state index in [1.54, 1.807) is 24.3 Å². The van der Waals surface area contributed by atoms with Crippen LogP contribution in [0.1, 0.15) is 17.3 Å². The number of azo groups is 1. The number of nitrogens with zero attached hydrogens (tertiary/aromatic N) is 2. The molecule has 3 amide bonds. The first-order chi connectivity index (χ1) is 9.06. The maximum absolute atomic E-state index is 12.0. The molecular weight excluding hydrogens is 248 g/mol. The van der Waals surface area contributed by atoms with Crippen LogP contribution in [-0.4, -0.2) is 17.7 Å². The molecular formula is C12H10N4O3. The molecule has 0 radical (unpaired) electrons. The molecule has 1 aliphatic heterocycles. The van der Waals surface area contributed by atoms with E-state index in [9.17, 15) is 14.4 Å². The van der Waals surface area contributed by atoms with E-state index in [0.717, 1.165) is 6.08 Å². The van der Waals surface area contributed by atoms with E-state index in [2.05, 4.69) is 20.9 Å². The van der Waals surface area contributed by atoms with Gasteiger partial charge in [0.25, 0.3) is 11.8 Å². The number of hydrogen-bond donors (Lipinski definition) is 2. The van der Waals surface area contributed by atoms with E-state index in [0.29, 0.717) is 5.69 Å². The van der Waals surface area contributed by atoms with Gasteiger partial charge in [-0.25, -0.2) is 0 Å². The van der Waals surface area contributed by atoms with Crippen molar-refractivity contribution in [1.82, 2.24) is 5.32 Å². The third-order valence-corrected chi connectivity index (χ3v) is 2.24. The van der Waals surface area contributed by atoms with Gasteiger partial charge in [0, 0.05) is 6.92 Å². The van der Waals surface area contributed by atoms with Gasteiger partial charge in [-0.1, -0.05) is 12.1 Å². The minimum atomic E-state index is -0.523. The molecule has 96 valence electrons. The van der Waals surface area contributed by atoms with Gasteiger partial charge < -0.3 is 10.6 Å². The van der Waals surface area contributed by atoms with Crippen molar-refractivity contribution in [3.8, 4) is 0 Å². The van der Waals surface area contributed by atoms with Crippen molar-refractivity contribution in [3.63, 3.8) is 0 Å². The predicted molar refractivity (Wildman–Crippen MR) is 66.2 cm³/mol. The van der Waals surface area contributed by atoms with Gasteiger partial charge in [-0.3, -0.25) is 14.4 Å². The second-order valence-corrected chi connectivity index (χ2v) is 3.75. The average molecular weight is 258 g/mol. The summed E-state index contributed by atoms with van der Waals surface area (Å²) in [4.78, 5) is 33.9. The van der Waals surface area contributed by atoms with Gasteiger partial charge in [0.2, 0.25) is 5.91 Å². The summed E-state index contributed by atoms with van der Waals surface area (Å²) in [6.07, 6.45) is 1.11. The predicted octanol–water partition coefficient (Wildman–Crippen LogP) is 1.21. The van der Waals surface area contributed by atoms with Crippen LogP contribution < -0.4 is 10.6 Å². The van der Waals surface area contributed by atoms with Gasteiger partial charge in [-0.05, 0) is 12.1 Å². The molecule has 1 heterocycles. The molecule has 0 fully saturated rings. The number of carbonyl (C=O) groups excluding carboxylic acids is 3. The number of carbonyl (C=O) groups is 3. The highest BCUT2D eigenvalue weighted by atomic mass is 16.2. The van der Waals surface area contributed by atoms with Crippen LogP contribution in [0.15, 0.2) is 46.4 Å². The number of para-hydroxylation sites is 1. The third kappa shape index (κ3) is 3.09. The van der Waals surface area contributed by atoms with Crippen LogP contribution in [0, 0.1) is 0 Å². The van der Waals surface area contributed by atoms with Crippen molar-refractivity contribution in [1.29, 1.82) is 0 Å². The minimum Gasteiger partial charge on any atom is -0.326 e. The van der Waals surface area contributed by atoms with Crippen molar-refractivity contribution in [2.24, 2.45) is 10.2 Å². The van der Waals surface area contributed by atoms with Crippen LogP contribution in [0.25, 0.3) is 0 Å². The number of hydrogen-bond acceptors (Lipinski definition) is 4. The molecule has 0 saturated carbocycles. The van der Waals surface area contributed by atoms with Crippen LogP contribution in [-0.2, 0) is 9.59 Å². The third-order valence-electron chi connectivity index (χ3n) is 2.24. The smallest absolute Gasteiger partial charge is 0.292 e. The van der Waals surface area contributed by atoms with Gasteiger partial charge >= 0.3 is 0 Å². The maximum atomic E-state index is 12.0. The Morgan fingerprint density at radius 1 is 1.11 bits per heavy atom. The fraction of sp³-hybridized carbons (Fsp3) is 0.0833. The lowest BCUT2D eigenvalue weighted by molar-refractivity contribution is -0.114. The Balaban J connectivity index is 2.19. The zero-order valence-corrected chi connectivity index (χ0v) is 10.0. The summed E-state index contributed by atoms with van der Waals surface area (Å²) in [6.45, 7) is 1.35. The molecule has 0 unspecified atom stereocenters. The lowest BCUT2D eigenvalue weighted by atomic mass is 10.1. The lowest BCUT2D eigenvalue weighted by Crippen LogP contribution is -2.23. The van der Waals surface area contributed by atoms with E-state index in [-0.39, 0.29) is 17.3 Å². The Kier molecular flexibility index (Phi) is 3.46. The van der Waals surface area contributed by atoms with Gasteiger partial charge in [0.1, 0.15) is 0 Å². The lowest BCUT2D eigenvalue weighted by Gasteiger charge is -2.09. The van der Waals surface area contributed by atoms with Crippen molar-refractivity contribution < 1.29 is 14.4 Å². The summed E-state index contributed by atoms with van der Waals surface area (Å²) < 4.78 is 0. The van der Waals surface area contributed by atoms with Gasteiger partial charge in [-0.2, -0.15) is 0 Å². The second kappa shape index (κ2) is 5.21. The Hall–Kier alpha value is -2.83. The van der Waals surface area contributed by atoms with Crippen LogP contribution >= 0.6 is 0 Å². The molecule has 0 saturated heterocycles. The Labute approximate surface area is 108 Å². The van der Waals surface area contributed by atoms with Gasteiger partial charge in [0.15, 0.2) is 5.82 Å². The second-order valence-electron chi connectivity index (χ2n) is 3.75. The minimum absolute atomic E-state index is 0.0765. The number of nitrogens with one attached hydrogen (secondary N) is 2. The number of amides is 3. The summed E-state index contributed by atoms with van der Waals surface area (Å²) in [5, 5.41) is 11.7. The van der Waals surface area contributed by atoms with E-state index in [1.807, 2.05) is 0 Å². The quantitative estimate of drug-likeness (QED) is 0.852. The van der Waals surface area contributed by atoms with E-state index < -0.39 is 11.8 Å². The summed E-state index contributed by atoms with van der Waals surface area (Å²) in [5.41, 5.74) is 0.655. The van der Waals surface area contributed by atoms with Gasteiger partial charge in [-0.15, -0.1) is 10.2 Å². The fourth-order valence-electron chi connectivity index (χ4n) is 1.50. The number of anilines is 1. The molecule has 0 bridgehead atoms. The van der Waals surface area contributed by atoms with Crippen LogP contribution in [0.5, 0.6) is 0 Å². The van der Waals surface area contributed by atoms with Gasteiger partial charge in [0.05, 0.1) is 17.3 Å². The van der Waals surface area contributed by atoms with Crippen molar-refractivity contribution in [3.05, 3.63) is 41.7 Å². The fourth-order valence-corrected chi connectivity index (χ4v) is 1.50. The summed E-state index contributed by atoms with van der Waals surface area (Å²) >= 11 is 0. The van der Waals surface area contributed by atoms with E-state index in [4.69, 9.17) is 0 Å². The topological polar surface area (TPSA) is 100.0 Å². The molecule has 0 aliphatic carbocycles. The largest absolute Gasteiger partial charge is 0.326 e. The first kappa shape index (κ1) is 12.6. The molecule has 1 aliphatic rings. The van der Waals surface area contributed by atoms with E-state index in [1.165, 1.54) is 6.92 Å². The highest BCUT2D eigenvalue weighted by Gasteiger charge is 2.15. The molecule has 7 heteroatoms. The van der Waals surface area contributed by atoms with Crippen molar-refractivity contribution in [2.75, 3.05) is 5.32 Å². The Bertz CT molecular complexity index is 619. The summed E-state index contributed by atoms with van der Waals surface area (Å²) in [5.74, 6) is -1.21. The van der Waals surface area contributed by atoms with Crippen molar-refractivity contribution in [2.45, 2.75) is 6.92 Å². The molecule has 2 rings (SSSR count). The summed E-state index contributed by atoms with van der Waals surface area (Å²) in [7, 11) is 0. The summed E-state index contributed by atoms with van der Waals surface area (Å²) in [6, 6.07) is 6.51. The first-order valence-electron chi connectivity index (χ1n) is 5.41. The highest BCUT2D eigenvalue weighted by molar-refractivity contribution is 6.04. The number of benzene rings is 1. The highest BCUT2D eigenvalue weighted by Crippen LogP contribution is 2.16. The molecule has 7 nitrogen and oxygen atoms in total. The number of rotatable bonds is 3. The SMILES string of the molecule is CC(=O)Nc1ccccc1C(=O)NC1=CC(=O)N=N1. The Morgan fingerprint density at radius 3 is 2.47 bits per heavy atom. The van der Waals surface area contributed by atoms with Crippen LogP contribution in [0.3, 0.4) is 0 Å². The zero-order chi connectivity index (χ0) is 13.8. The molecule has 0 atom stereocenters. The average Bonchev–Trinajstić information content (AvgIpc) is 2.74. The zero-order valence-electron chi connectivity index (χ0n) is 10.0. The normalized spacial score (nSPS) is 13.1. The maximum Gasteiger partial charge on any atom is 0.292 e. The first-order valence-corrected chi connectivity index (χ1v) is 5.41. The monoisotopic (exact) mass is 258 g/mol. The molecule has 1 aromatic carbocycles. The Morgan fingerprint density at radius 2 is 1.84 bits per heavy atom. The van der Waals surface area contributed by atoms with Crippen LogP contribution in [0.2, 0.25) is 0 Å². The molecule has 0 aromatic heterocycles.